The smallest absolute Gasteiger partial charge is 0.145 e. The standard InChI is InChI=1S/C38H54O5/c1-28(14-9-18-31-16-6-5-7-17-31)12-8-13-29(2)15-10-19-32(27-41)34-22-24-38(36(34)42)35(20-11-25-39)33(30(3)26-40)21-23-37(38,4)43/h5-7,10,12,15-17,19,26,34-36,39,41-43H,2,8-9,11,13-14,18,20-25,27H2,1,3-4H3/t34-,35+,36+,37+,38+/m0/s1. The summed E-state index contributed by atoms with van der Waals surface area (Å²) in [6.45, 7) is 9.84. The molecular weight excluding hydrogens is 536 g/mol. The van der Waals surface area contributed by atoms with Gasteiger partial charge >= 0.3 is 0 Å². The molecule has 1 spiro atoms. The highest BCUT2D eigenvalue weighted by Crippen LogP contribution is 2.62. The van der Waals surface area contributed by atoms with Crippen molar-refractivity contribution >= 4 is 6.29 Å². The van der Waals surface area contributed by atoms with Gasteiger partial charge in [0.15, 0.2) is 0 Å². The van der Waals surface area contributed by atoms with Gasteiger partial charge in [-0.1, -0.05) is 77.9 Å². The van der Waals surface area contributed by atoms with Crippen LogP contribution in [0.2, 0.25) is 0 Å². The molecule has 3 rings (SSSR count). The first-order valence-corrected chi connectivity index (χ1v) is 16.1. The minimum Gasteiger partial charge on any atom is -0.396 e. The number of hydrogen-bond donors (Lipinski definition) is 4. The lowest BCUT2D eigenvalue weighted by Crippen LogP contribution is -2.59. The summed E-state index contributed by atoms with van der Waals surface area (Å²) in [7, 11) is 0. The first-order valence-electron chi connectivity index (χ1n) is 16.1. The molecule has 0 saturated heterocycles. The molecule has 5 atom stereocenters. The number of aliphatic hydroxyl groups is 4. The molecular formula is C38H54O5. The van der Waals surface area contributed by atoms with Gasteiger partial charge in [-0.2, -0.15) is 0 Å². The van der Waals surface area contributed by atoms with Crippen molar-refractivity contribution in [3.05, 3.63) is 94.6 Å². The Hall–Kier alpha value is -2.57. The minimum atomic E-state index is -1.13. The molecule has 0 aliphatic heterocycles. The molecule has 0 aromatic heterocycles. The molecule has 1 aromatic rings. The molecule has 2 fully saturated rings. The van der Waals surface area contributed by atoms with Crippen LogP contribution < -0.4 is 0 Å². The third-order valence-electron chi connectivity index (χ3n) is 10.2. The lowest BCUT2D eigenvalue weighted by atomic mass is 9.52. The van der Waals surface area contributed by atoms with Crippen LogP contribution in [-0.4, -0.2) is 51.6 Å². The van der Waals surface area contributed by atoms with Crippen molar-refractivity contribution < 1.29 is 25.2 Å². The monoisotopic (exact) mass is 590 g/mol. The summed E-state index contributed by atoms with van der Waals surface area (Å²) in [5.74, 6) is -0.512. The summed E-state index contributed by atoms with van der Waals surface area (Å²) < 4.78 is 0. The lowest BCUT2D eigenvalue weighted by Gasteiger charge is -2.55. The first-order chi connectivity index (χ1) is 20.6. The van der Waals surface area contributed by atoms with E-state index < -0.39 is 17.1 Å². The number of benzene rings is 1. The normalized spacial score (nSPS) is 29.4. The zero-order chi connectivity index (χ0) is 31.5. The number of carbonyl (C=O) groups excluding carboxylic acids is 1. The SMILES string of the molecule is C=C(C=CC=C(CO)[C@@H]1CC[C@@]2([C@H](CCCO)C(=C(C)C=O)CC[C@@]2(C)O)[C@@H]1O)CCC=C(C)CCCc1ccccc1. The van der Waals surface area contributed by atoms with Crippen molar-refractivity contribution in [3.63, 3.8) is 0 Å². The minimum absolute atomic E-state index is 0.0156. The van der Waals surface area contributed by atoms with Crippen LogP contribution in [0, 0.1) is 17.3 Å². The second-order valence-corrected chi connectivity index (χ2v) is 13.0. The quantitative estimate of drug-likeness (QED) is 0.0765. The number of carbonyl (C=O) groups is 1. The van der Waals surface area contributed by atoms with Crippen molar-refractivity contribution in [1.82, 2.24) is 0 Å². The highest BCUT2D eigenvalue weighted by Gasteiger charge is 2.63. The van der Waals surface area contributed by atoms with Gasteiger partial charge in [-0.3, -0.25) is 4.79 Å². The largest absolute Gasteiger partial charge is 0.396 e. The van der Waals surface area contributed by atoms with Crippen LogP contribution in [0.1, 0.15) is 90.5 Å². The third kappa shape index (κ3) is 8.54. The average Bonchev–Trinajstić information content (AvgIpc) is 3.34. The first kappa shape index (κ1) is 34.9. The maximum Gasteiger partial charge on any atom is 0.145 e. The molecule has 43 heavy (non-hydrogen) atoms. The third-order valence-corrected chi connectivity index (χ3v) is 10.2. The maximum atomic E-state index is 11.9. The zero-order valence-corrected chi connectivity index (χ0v) is 26.6. The number of allylic oxidation sites excluding steroid dienone is 8. The van der Waals surface area contributed by atoms with Gasteiger partial charge in [-0.05, 0) is 114 Å². The molecule has 4 N–H and O–H groups in total. The van der Waals surface area contributed by atoms with E-state index in [0.717, 1.165) is 55.1 Å². The Labute approximate surface area is 259 Å². The van der Waals surface area contributed by atoms with Gasteiger partial charge in [-0.15, -0.1) is 0 Å². The Bertz CT molecular complexity index is 1190. The van der Waals surface area contributed by atoms with Crippen molar-refractivity contribution in [2.45, 2.75) is 103 Å². The Morgan fingerprint density at radius 3 is 2.51 bits per heavy atom. The molecule has 2 aliphatic carbocycles. The molecule has 0 bridgehead atoms. The van der Waals surface area contributed by atoms with Crippen LogP contribution in [0.5, 0.6) is 0 Å². The number of aliphatic hydroxyl groups excluding tert-OH is 3. The molecule has 2 saturated carbocycles. The van der Waals surface area contributed by atoms with Gasteiger partial charge < -0.3 is 20.4 Å². The van der Waals surface area contributed by atoms with Crippen LogP contribution in [0.4, 0.5) is 0 Å². The summed E-state index contributed by atoms with van der Waals surface area (Å²) in [6.07, 6.45) is 16.6. The Morgan fingerprint density at radius 2 is 1.84 bits per heavy atom. The Kier molecular flexibility index (Phi) is 13.4. The van der Waals surface area contributed by atoms with Crippen molar-refractivity contribution in [1.29, 1.82) is 0 Å². The van der Waals surface area contributed by atoms with Crippen LogP contribution in [0.15, 0.2) is 89.1 Å². The molecule has 0 unspecified atom stereocenters. The van der Waals surface area contributed by atoms with E-state index in [1.165, 1.54) is 11.1 Å². The van der Waals surface area contributed by atoms with Crippen molar-refractivity contribution in [2.24, 2.45) is 17.3 Å². The molecule has 0 radical (unpaired) electrons. The summed E-state index contributed by atoms with van der Waals surface area (Å²) in [5.41, 5.74) is 4.18. The van der Waals surface area contributed by atoms with Crippen LogP contribution in [0.25, 0.3) is 0 Å². The molecule has 5 heteroatoms. The second-order valence-electron chi connectivity index (χ2n) is 13.0. The number of aryl methyl sites for hydroxylation is 1. The molecule has 5 nitrogen and oxygen atoms in total. The fourth-order valence-electron chi connectivity index (χ4n) is 7.67. The second kappa shape index (κ2) is 16.5. The fourth-order valence-corrected chi connectivity index (χ4v) is 7.67. The van der Waals surface area contributed by atoms with Gasteiger partial charge in [0.05, 0.1) is 18.3 Å². The van der Waals surface area contributed by atoms with E-state index in [1.807, 2.05) is 25.2 Å². The van der Waals surface area contributed by atoms with Gasteiger partial charge in [-0.25, -0.2) is 0 Å². The molecule has 236 valence electrons. The van der Waals surface area contributed by atoms with Crippen LogP contribution >= 0.6 is 0 Å². The van der Waals surface area contributed by atoms with E-state index in [4.69, 9.17) is 0 Å². The van der Waals surface area contributed by atoms with Gasteiger partial charge in [0.2, 0.25) is 0 Å². The topological polar surface area (TPSA) is 98.0 Å². The van der Waals surface area contributed by atoms with Gasteiger partial charge in [0, 0.05) is 17.9 Å². The van der Waals surface area contributed by atoms with Crippen LogP contribution in [0.3, 0.4) is 0 Å². The lowest BCUT2D eigenvalue weighted by molar-refractivity contribution is -0.167. The highest BCUT2D eigenvalue weighted by molar-refractivity contribution is 5.74. The summed E-state index contributed by atoms with van der Waals surface area (Å²) >= 11 is 0. The Balaban J connectivity index is 1.64. The molecule has 2 aliphatic rings. The number of hydrogen-bond acceptors (Lipinski definition) is 5. The number of aldehydes is 1. The summed E-state index contributed by atoms with van der Waals surface area (Å²) in [6, 6.07) is 10.6. The fraction of sp³-hybridized carbons (Fsp3) is 0.553. The predicted molar refractivity (Wildman–Crippen MR) is 175 cm³/mol. The van der Waals surface area contributed by atoms with E-state index in [1.54, 1.807) is 6.92 Å². The van der Waals surface area contributed by atoms with Crippen molar-refractivity contribution in [2.75, 3.05) is 13.2 Å². The van der Waals surface area contributed by atoms with Gasteiger partial charge in [0.25, 0.3) is 0 Å². The molecule has 0 amide bonds. The van der Waals surface area contributed by atoms with Crippen LogP contribution in [-0.2, 0) is 11.2 Å². The van der Waals surface area contributed by atoms with Crippen molar-refractivity contribution in [3.8, 4) is 0 Å². The van der Waals surface area contributed by atoms with E-state index in [0.29, 0.717) is 44.1 Å². The highest BCUT2D eigenvalue weighted by atomic mass is 16.3. The molecule has 0 heterocycles. The Morgan fingerprint density at radius 1 is 1.09 bits per heavy atom. The maximum absolute atomic E-state index is 11.9. The summed E-state index contributed by atoms with van der Waals surface area (Å²) in [5, 5.41) is 43.6. The average molecular weight is 591 g/mol. The van der Waals surface area contributed by atoms with Gasteiger partial charge in [0.1, 0.15) is 6.29 Å². The van der Waals surface area contributed by atoms with E-state index in [2.05, 4.69) is 49.9 Å². The summed E-state index contributed by atoms with van der Waals surface area (Å²) in [4.78, 5) is 11.8. The van der Waals surface area contributed by atoms with E-state index >= 15 is 0 Å². The van der Waals surface area contributed by atoms with E-state index in [9.17, 15) is 25.2 Å². The zero-order valence-electron chi connectivity index (χ0n) is 26.6. The number of rotatable bonds is 15. The van der Waals surface area contributed by atoms with E-state index in [-0.39, 0.29) is 25.0 Å². The predicted octanol–water partition coefficient (Wildman–Crippen LogP) is 6.97. The molecule has 1 aromatic carbocycles.